The number of rotatable bonds is 7. The van der Waals surface area contributed by atoms with Crippen LogP contribution in [-0.2, 0) is 6.54 Å². The molecule has 0 bridgehead atoms. The van der Waals surface area contributed by atoms with Gasteiger partial charge >= 0.3 is 6.01 Å². The van der Waals surface area contributed by atoms with Crippen molar-refractivity contribution in [2.24, 2.45) is 0 Å². The van der Waals surface area contributed by atoms with Gasteiger partial charge in [-0.15, -0.1) is 0 Å². The van der Waals surface area contributed by atoms with Gasteiger partial charge in [0.25, 0.3) is 0 Å². The number of anilines is 2. The maximum atomic E-state index is 5.31. The Morgan fingerprint density at radius 1 is 1.15 bits per heavy atom. The van der Waals surface area contributed by atoms with Gasteiger partial charge in [0.05, 0.1) is 18.8 Å². The summed E-state index contributed by atoms with van der Waals surface area (Å²) in [5.41, 5.74) is 0.834. The molecule has 2 aromatic heterocycles. The van der Waals surface area contributed by atoms with Gasteiger partial charge in [-0.3, -0.25) is 0 Å². The van der Waals surface area contributed by atoms with Crippen LogP contribution in [0.2, 0.25) is 0 Å². The molecule has 2 rings (SSSR count). The summed E-state index contributed by atoms with van der Waals surface area (Å²) < 4.78 is 10.4. The van der Waals surface area contributed by atoms with Crippen molar-refractivity contribution in [2.45, 2.75) is 27.3 Å². The summed E-state index contributed by atoms with van der Waals surface area (Å²) in [5.74, 6) is 1.61. The van der Waals surface area contributed by atoms with E-state index < -0.39 is 0 Å². The Kier molecular flexibility index (Phi) is 4.70. The van der Waals surface area contributed by atoms with Gasteiger partial charge < -0.3 is 19.9 Å². The number of hydrogen-bond acceptors (Lipinski definition) is 8. The van der Waals surface area contributed by atoms with Crippen LogP contribution in [-0.4, -0.2) is 33.3 Å². The highest BCUT2D eigenvalue weighted by Gasteiger charge is 2.08. The van der Waals surface area contributed by atoms with E-state index in [4.69, 9.17) is 9.26 Å². The van der Waals surface area contributed by atoms with E-state index >= 15 is 0 Å². The normalized spacial score (nSPS) is 10.3. The molecule has 2 N–H and O–H groups in total. The molecule has 0 saturated heterocycles. The summed E-state index contributed by atoms with van der Waals surface area (Å²) in [7, 11) is 0. The van der Waals surface area contributed by atoms with E-state index in [2.05, 4.69) is 30.7 Å². The number of aryl methyl sites for hydroxylation is 1. The van der Waals surface area contributed by atoms with Crippen molar-refractivity contribution in [2.75, 3.05) is 23.8 Å². The lowest BCUT2D eigenvalue weighted by atomic mass is 10.4. The molecule has 108 valence electrons. The van der Waals surface area contributed by atoms with Crippen LogP contribution in [0.1, 0.15) is 25.3 Å². The molecule has 0 radical (unpaired) electrons. The van der Waals surface area contributed by atoms with Crippen molar-refractivity contribution in [1.29, 1.82) is 0 Å². The van der Waals surface area contributed by atoms with E-state index in [9.17, 15) is 0 Å². The standard InChI is InChI=1S/C12H18N6O2/c1-4-13-10-15-11(17-12(16-10)19-5-2)14-7-9-6-8(3)18-20-9/h6H,4-5,7H2,1-3H3,(H2,13,14,15,16,17). The van der Waals surface area contributed by atoms with Gasteiger partial charge in [0.2, 0.25) is 11.9 Å². The number of hydrogen-bond donors (Lipinski definition) is 2. The second kappa shape index (κ2) is 6.69. The molecule has 8 nitrogen and oxygen atoms in total. The van der Waals surface area contributed by atoms with Crippen LogP contribution >= 0.6 is 0 Å². The maximum absolute atomic E-state index is 5.31. The fourth-order valence-corrected chi connectivity index (χ4v) is 1.53. The zero-order valence-electron chi connectivity index (χ0n) is 11.8. The lowest BCUT2D eigenvalue weighted by Gasteiger charge is -2.08. The third-order valence-electron chi connectivity index (χ3n) is 2.32. The fraction of sp³-hybridized carbons (Fsp3) is 0.500. The van der Waals surface area contributed by atoms with Crippen LogP contribution in [0.15, 0.2) is 10.6 Å². The molecular formula is C12H18N6O2. The van der Waals surface area contributed by atoms with Gasteiger partial charge in [0.15, 0.2) is 5.76 Å². The molecule has 0 aliphatic carbocycles. The Balaban J connectivity index is 2.08. The summed E-state index contributed by atoms with van der Waals surface area (Å²) in [5, 5.41) is 9.90. The first-order valence-electron chi connectivity index (χ1n) is 6.50. The molecule has 0 unspecified atom stereocenters. The van der Waals surface area contributed by atoms with Crippen LogP contribution in [0.5, 0.6) is 6.01 Å². The van der Waals surface area contributed by atoms with E-state index in [0.29, 0.717) is 30.8 Å². The molecule has 0 amide bonds. The molecule has 0 aliphatic rings. The third-order valence-corrected chi connectivity index (χ3v) is 2.32. The first-order chi connectivity index (χ1) is 9.71. The Labute approximate surface area is 117 Å². The number of nitrogens with one attached hydrogen (secondary N) is 2. The van der Waals surface area contributed by atoms with E-state index in [1.807, 2.05) is 26.8 Å². The van der Waals surface area contributed by atoms with Crippen LogP contribution in [0, 0.1) is 6.92 Å². The van der Waals surface area contributed by atoms with Crippen molar-refractivity contribution in [3.63, 3.8) is 0 Å². The average Bonchev–Trinajstić information content (AvgIpc) is 2.83. The Hall–Kier alpha value is -2.38. The lowest BCUT2D eigenvalue weighted by molar-refractivity contribution is 0.312. The van der Waals surface area contributed by atoms with Gasteiger partial charge in [0.1, 0.15) is 0 Å². The van der Waals surface area contributed by atoms with Gasteiger partial charge in [0, 0.05) is 12.6 Å². The molecule has 0 aromatic carbocycles. The highest BCUT2D eigenvalue weighted by atomic mass is 16.5. The molecule has 20 heavy (non-hydrogen) atoms. The average molecular weight is 278 g/mol. The van der Waals surface area contributed by atoms with Crippen molar-refractivity contribution in [3.05, 3.63) is 17.5 Å². The molecule has 0 fully saturated rings. The second-order valence-electron chi connectivity index (χ2n) is 4.02. The molecule has 2 aromatic rings. The van der Waals surface area contributed by atoms with Gasteiger partial charge in [-0.05, 0) is 20.8 Å². The fourth-order valence-electron chi connectivity index (χ4n) is 1.53. The van der Waals surface area contributed by atoms with E-state index in [0.717, 1.165) is 12.2 Å². The van der Waals surface area contributed by atoms with Crippen LogP contribution in [0.25, 0.3) is 0 Å². The maximum Gasteiger partial charge on any atom is 0.323 e. The SMILES string of the molecule is CCNc1nc(NCc2cc(C)no2)nc(OCC)n1. The Morgan fingerprint density at radius 2 is 1.90 bits per heavy atom. The summed E-state index contributed by atoms with van der Waals surface area (Å²) >= 11 is 0. The summed E-state index contributed by atoms with van der Waals surface area (Å²) in [6.45, 7) is 7.37. The van der Waals surface area contributed by atoms with E-state index in [1.165, 1.54) is 0 Å². The number of nitrogens with zero attached hydrogens (tertiary/aromatic N) is 4. The Bertz CT molecular complexity index is 532. The minimum Gasteiger partial charge on any atom is -0.464 e. The smallest absolute Gasteiger partial charge is 0.323 e. The van der Waals surface area contributed by atoms with Gasteiger partial charge in [-0.25, -0.2) is 0 Å². The number of ether oxygens (including phenoxy) is 1. The molecule has 0 saturated carbocycles. The molecule has 0 spiro atoms. The Morgan fingerprint density at radius 3 is 2.50 bits per heavy atom. The first kappa shape index (κ1) is 14.0. The quantitative estimate of drug-likeness (QED) is 0.788. The van der Waals surface area contributed by atoms with Crippen molar-refractivity contribution >= 4 is 11.9 Å². The predicted octanol–water partition coefficient (Wildman–Crippen LogP) is 1.61. The van der Waals surface area contributed by atoms with Crippen molar-refractivity contribution in [3.8, 4) is 6.01 Å². The van der Waals surface area contributed by atoms with Gasteiger partial charge in [-0.1, -0.05) is 5.16 Å². The highest BCUT2D eigenvalue weighted by Crippen LogP contribution is 2.12. The largest absolute Gasteiger partial charge is 0.464 e. The second-order valence-corrected chi connectivity index (χ2v) is 4.02. The summed E-state index contributed by atoms with van der Waals surface area (Å²) in [6.07, 6.45) is 0. The zero-order valence-corrected chi connectivity index (χ0v) is 11.8. The zero-order chi connectivity index (χ0) is 14.4. The predicted molar refractivity (Wildman–Crippen MR) is 73.7 cm³/mol. The van der Waals surface area contributed by atoms with Crippen molar-refractivity contribution in [1.82, 2.24) is 20.1 Å². The number of aromatic nitrogens is 4. The molecule has 0 aliphatic heterocycles. The highest BCUT2D eigenvalue weighted by molar-refractivity contribution is 5.36. The van der Waals surface area contributed by atoms with Crippen molar-refractivity contribution < 1.29 is 9.26 Å². The molecule has 0 atom stereocenters. The monoisotopic (exact) mass is 278 g/mol. The topological polar surface area (TPSA) is 98.0 Å². The summed E-state index contributed by atoms with van der Waals surface area (Å²) in [6, 6.07) is 2.14. The minimum atomic E-state index is 0.287. The minimum absolute atomic E-state index is 0.287. The molecule has 8 heteroatoms. The first-order valence-corrected chi connectivity index (χ1v) is 6.50. The van der Waals surface area contributed by atoms with Crippen LogP contribution < -0.4 is 15.4 Å². The van der Waals surface area contributed by atoms with E-state index in [1.54, 1.807) is 0 Å². The summed E-state index contributed by atoms with van der Waals surface area (Å²) in [4.78, 5) is 12.6. The van der Waals surface area contributed by atoms with Gasteiger partial charge in [-0.2, -0.15) is 15.0 Å². The lowest BCUT2D eigenvalue weighted by Crippen LogP contribution is -2.10. The van der Waals surface area contributed by atoms with Crippen LogP contribution in [0.3, 0.4) is 0 Å². The molecular weight excluding hydrogens is 260 g/mol. The molecule has 2 heterocycles. The third kappa shape index (κ3) is 3.81. The van der Waals surface area contributed by atoms with Crippen LogP contribution in [0.4, 0.5) is 11.9 Å². The van der Waals surface area contributed by atoms with E-state index in [-0.39, 0.29) is 6.01 Å².